The van der Waals surface area contributed by atoms with Crippen molar-refractivity contribution in [2.45, 2.75) is 67.2 Å². The number of nitrogens with two attached hydrogens (primary N) is 1. The summed E-state index contributed by atoms with van der Waals surface area (Å²) in [6.45, 7) is 16.1. The van der Waals surface area contributed by atoms with E-state index in [0.29, 0.717) is 11.6 Å². The standard InChI is InChI=1S/C15H23N3.2C2H6/c1-4-6-13-7-8-15(18-17)14(16)10-11(3)9-12(13)5-2;2*1-2/h4-6,11,16H,2,7-10,17H2,1,3H3;2*1-2H3/b6-4-,13-12-,16-14?,18-15-;;. The van der Waals surface area contributed by atoms with Gasteiger partial charge in [0.15, 0.2) is 0 Å². The van der Waals surface area contributed by atoms with E-state index in [2.05, 4.69) is 24.7 Å². The molecule has 1 aliphatic rings. The molecule has 0 bridgehead atoms. The molecule has 0 aliphatic heterocycles. The first-order chi connectivity index (χ1) is 10.6. The number of hydrazone groups is 1. The van der Waals surface area contributed by atoms with Gasteiger partial charge in [-0.3, -0.25) is 0 Å². The van der Waals surface area contributed by atoms with Crippen LogP contribution >= 0.6 is 0 Å². The minimum absolute atomic E-state index is 0.417. The van der Waals surface area contributed by atoms with Gasteiger partial charge in [0.05, 0.1) is 11.4 Å². The van der Waals surface area contributed by atoms with Gasteiger partial charge < -0.3 is 11.3 Å². The molecule has 1 atom stereocenters. The van der Waals surface area contributed by atoms with Gasteiger partial charge in [-0.1, -0.05) is 59.4 Å². The molecule has 1 unspecified atom stereocenters. The highest BCUT2D eigenvalue weighted by Crippen LogP contribution is 2.25. The molecular formula is C19H35N3. The van der Waals surface area contributed by atoms with Crippen LogP contribution in [0.5, 0.6) is 0 Å². The zero-order valence-corrected chi connectivity index (χ0v) is 15.4. The van der Waals surface area contributed by atoms with Crippen LogP contribution in [-0.2, 0) is 0 Å². The SMILES string of the molecule is C=C/C1=C(\C=C/C)CC/C(=N/N)C(=N)CC(C)C1.CC.CC. The van der Waals surface area contributed by atoms with Crippen molar-refractivity contribution in [3.8, 4) is 0 Å². The van der Waals surface area contributed by atoms with Gasteiger partial charge in [-0.05, 0) is 49.7 Å². The first-order valence-electron chi connectivity index (χ1n) is 8.44. The molecule has 3 heteroatoms. The van der Waals surface area contributed by atoms with Gasteiger partial charge in [-0.15, -0.1) is 0 Å². The lowest BCUT2D eigenvalue weighted by atomic mass is 9.93. The molecule has 0 spiro atoms. The summed E-state index contributed by atoms with van der Waals surface area (Å²) in [6, 6.07) is 0. The first kappa shape index (κ1) is 22.6. The van der Waals surface area contributed by atoms with Crippen LogP contribution in [0.2, 0.25) is 0 Å². The summed E-state index contributed by atoms with van der Waals surface area (Å²) in [5.41, 5.74) is 3.88. The molecule has 126 valence electrons. The average molecular weight is 306 g/mol. The van der Waals surface area contributed by atoms with Crippen molar-refractivity contribution in [1.29, 1.82) is 5.41 Å². The molecule has 0 heterocycles. The fraction of sp³-hybridized carbons (Fsp3) is 0.579. The van der Waals surface area contributed by atoms with Gasteiger partial charge in [0.25, 0.3) is 0 Å². The Morgan fingerprint density at radius 3 is 2.18 bits per heavy atom. The summed E-state index contributed by atoms with van der Waals surface area (Å²) in [6.07, 6.45) is 9.43. The minimum Gasteiger partial charge on any atom is -0.323 e. The fourth-order valence-electron chi connectivity index (χ4n) is 2.36. The molecule has 0 fully saturated rings. The molecule has 1 aliphatic carbocycles. The Balaban J connectivity index is 0. The minimum atomic E-state index is 0.417. The molecule has 0 aromatic heterocycles. The monoisotopic (exact) mass is 305 g/mol. The number of allylic oxidation sites excluding steroid dienone is 5. The van der Waals surface area contributed by atoms with E-state index in [9.17, 15) is 0 Å². The summed E-state index contributed by atoms with van der Waals surface area (Å²) < 4.78 is 0. The molecule has 22 heavy (non-hydrogen) atoms. The molecular weight excluding hydrogens is 270 g/mol. The molecule has 0 saturated carbocycles. The number of nitrogens with one attached hydrogen (secondary N) is 1. The van der Waals surface area contributed by atoms with Crippen molar-refractivity contribution in [2.75, 3.05) is 0 Å². The fourth-order valence-corrected chi connectivity index (χ4v) is 2.36. The van der Waals surface area contributed by atoms with Crippen LogP contribution in [0.15, 0.2) is 41.1 Å². The lowest BCUT2D eigenvalue weighted by molar-refractivity contribution is 0.607. The Morgan fingerprint density at radius 2 is 1.73 bits per heavy atom. The van der Waals surface area contributed by atoms with E-state index >= 15 is 0 Å². The van der Waals surface area contributed by atoms with Crippen LogP contribution in [-0.4, -0.2) is 11.4 Å². The van der Waals surface area contributed by atoms with E-state index in [1.807, 2.05) is 46.8 Å². The smallest absolute Gasteiger partial charge is 0.0811 e. The van der Waals surface area contributed by atoms with E-state index in [1.165, 1.54) is 11.1 Å². The van der Waals surface area contributed by atoms with Gasteiger partial charge in [-0.2, -0.15) is 5.10 Å². The second-order valence-electron chi connectivity index (χ2n) is 4.82. The molecule has 3 N–H and O–H groups in total. The molecule has 3 nitrogen and oxygen atoms in total. The third-order valence-corrected chi connectivity index (χ3v) is 3.28. The number of hydrogen-bond acceptors (Lipinski definition) is 3. The predicted octanol–water partition coefficient (Wildman–Crippen LogP) is 5.64. The zero-order chi connectivity index (χ0) is 17.5. The third kappa shape index (κ3) is 7.96. The second kappa shape index (κ2) is 14.3. The summed E-state index contributed by atoms with van der Waals surface area (Å²) in [5.74, 6) is 5.81. The first-order valence-corrected chi connectivity index (χ1v) is 8.44. The van der Waals surface area contributed by atoms with Crippen LogP contribution in [0.1, 0.15) is 67.2 Å². The van der Waals surface area contributed by atoms with Crippen LogP contribution < -0.4 is 5.84 Å². The van der Waals surface area contributed by atoms with Gasteiger partial charge in [0, 0.05) is 0 Å². The molecule has 0 aromatic carbocycles. The average Bonchev–Trinajstić information content (AvgIpc) is 2.60. The van der Waals surface area contributed by atoms with Crippen LogP contribution in [0.3, 0.4) is 0 Å². The van der Waals surface area contributed by atoms with Gasteiger partial charge in [-0.25, -0.2) is 0 Å². The van der Waals surface area contributed by atoms with E-state index < -0.39 is 0 Å². The van der Waals surface area contributed by atoms with E-state index in [1.54, 1.807) is 0 Å². The Labute approximate surface area is 137 Å². The highest BCUT2D eigenvalue weighted by molar-refractivity contribution is 6.41. The van der Waals surface area contributed by atoms with Crippen molar-refractivity contribution in [3.63, 3.8) is 0 Å². The van der Waals surface area contributed by atoms with E-state index in [4.69, 9.17) is 11.3 Å². The maximum absolute atomic E-state index is 8.03. The van der Waals surface area contributed by atoms with Crippen molar-refractivity contribution in [2.24, 2.45) is 16.9 Å². The maximum atomic E-state index is 8.03. The Hall–Kier alpha value is -1.64. The molecule has 0 saturated heterocycles. The maximum Gasteiger partial charge on any atom is 0.0811 e. The lowest BCUT2D eigenvalue weighted by Gasteiger charge is -2.12. The summed E-state index contributed by atoms with van der Waals surface area (Å²) in [7, 11) is 0. The number of rotatable bonds is 2. The Kier molecular flexibility index (Phi) is 14.7. The van der Waals surface area contributed by atoms with E-state index in [-0.39, 0.29) is 0 Å². The van der Waals surface area contributed by atoms with E-state index in [0.717, 1.165) is 31.4 Å². The van der Waals surface area contributed by atoms with Gasteiger partial charge in [0.1, 0.15) is 0 Å². The van der Waals surface area contributed by atoms with Crippen LogP contribution in [0, 0.1) is 11.3 Å². The Bertz CT molecular complexity index is 414. The molecule has 0 aromatic rings. The number of nitrogens with zero attached hydrogens (tertiary/aromatic N) is 1. The quantitative estimate of drug-likeness (QED) is 0.503. The highest BCUT2D eigenvalue weighted by atomic mass is 15.1. The zero-order valence-electron chi connectivity index (χ0n) is 15.4. The summed E-state index contributed by atoms with van der Waals surface area (Å²) in [4.78, 5) is 0. The lowest BCUT2D eigenvalue weighted by Crippen LogP contribution is -2.17. The molecule has 0 radical (unpaired) electrons. The van der Waals surface area contributed by atoms with Crippen molar-refractivity contribution in [1.82, 2.24) is 0 Å². The van der Waals surface area contributed by atoms with Crippen molar-refractivity contribution in [3.05, 3.63) is 36.0 Å². The van der Waals surface area contributed by atoms with Crippen molar-refractivity contribution >= 4 is 11.4 Å². The highest BCUT2D eigenvalue weighted by Gasteiger charge is 2.17. The van der Waals surface area contributed by atoms with Crippen molar-refractivity contribution < 1.29 is 0 Å². The largest absolute Gasteiger partial charge is 0.323 e. The van der Waals surface area contributed by atoms with Gasteiger partial charge in [0.2, 0.25) is 0 Å². The molecule has 1 rings (SSSR count). The predicted molar refractivity (Wildman–Crippen MR) is 102 cm³/mol. The third-order valence-electron chi connectivity index (χ3n) is 3.28. The normalized spacial score (nSPS) is 24.4. The van der Waals surface area contributed by atoms with Crippen LogP contribution in [0.4, 0.5) is 0 Å². The summed E-state index contributed by atoms with van der Waals surface area (Å²) in [5, 5.41) is 11.8. The van der Waals surface area contributed by atoms with Gasteiger partial charge >= 0.3 is 0 Å². The summed E-state index contributed by atoms with van der Waals surface area (Å²) >= 11 is 0. The number of hydrogen-bond donors (Lipinski definition) is 2. The second-order valence-corrected chi connectivity index (χ2v) is 4.82. The van der Waals surface area contributed by atoms with Crippen LogP contribution in [0.25, 0.3) is 0 Å². The Morgan fingerprint density at radius 1 is 1.14 bits per heavy atom. The topological polar surface area (TPSA) is 62.2 Å². The molecule has 0 amide bonds.